The van der Waals surface area contributed by atoms with Crippen molar-refractivity contribution in [1.82, 2.24) is 10.3 Å². The molecule has 0 aromatic carbocycles. The Bertz CT molecular complexity index is 401. The Kier molecular flexibility index (Phi) is 4.00. The smallest absolute Gasteiger partial charge is 0.326 e. The van der Waals surface area contributed by atoms with Gasteiger partial charge in [-0.15, -0.1) is 11.3 Å². The second-order valence-corrected chi connectivity index (χ2v) is 5.01. The molecule has 88 valence electrons. The Morgan fingerprint density at radius 1 is 1.50 bits per heavy atom. The predicted octanol–water partition coefficient (Wildman–Crippen LogP) is 1.29. The zero-order chi connectivity index (χ0) is 12.3. The maximum atomic E-state index is 11.7. The molecule has 0 aliphatic carbocycles. The monoisotopic (exact) mass is 242 g/mol. The van der Waals surface area contributed by atoms with Crippen LogP contribution in [0.5, 0.6) is 0 Å². The summed E-state index contributed by atoms with van der Waals surface area (Å²) in [6.07, 6.45) is 1.45. The highest BCUT2D eigenvalue weighted by Crippen LogP contribution is 2.12. The number of nitrogens with one attached hydrogen (secondary N) is 1. The molecule has 1 atom stereocenters. The van der Waals surface area contributed by atoms with E-state index in [2.05, 4.69) is 10.3 Å². The first-order valence-electron chi connectivity index (χ1n) is 4.88. The summed E-state index contributed by atoms with van der Waals surface area (Å²) in [4.78, 5) is 26.9. The van der Waals surface area contributed by atoms with Crippen LogP contribution in [0.1, 0.15) is 28.5 Å². The van der Waals surface area contributed by atoms with Crippen molar-refractivity contribution < 1.29 is 14.7 Å². The SMILES string of the molecule is Cc1ncc(C(=O)N[C@@H](C(=O)O)C(C)C)s1. The zero-order valence-corrected chi connectivity index (χ0v) is 10.2. The third-order valence-corrected chi connectivity index (χ3v) is 2.98. The van der Waals surface area contributed by atoms with E-state index in [1.165, 1.54) is 17.5 Å². The number of aromatic nitrogens is 1. The van der Waals surface area contributed by atoms with Crippen molar-refractivity contribution >= 4 is 23.2 Å². The van der Waals surface area contributed by atoms with E-state index in [-0.39, 0.29) is 11.8 Å². The summed E-state index contributed by atoms with van der Waals surface area (Å²) >= 11 is 1.25. The summed E-state index contributed by atoms with van der Waals surface area (Å²) in [6.45, 7) is 5.28. The van der Waals surface area contributed by atoms with Gasteiger partial charge in [-0.1, -0.05) is 13.8 Å². The molecule has 0 fully saturated rings. The lowest BCUT2D eigenvalue weighted by Gasteiger charge is -2.16. The second-order valence-electron chi connectivity index (χ2n) is 3.78. The van der Waals surface area contributed by atoms with E-state index in [1.807, 2.05) is 0 Å². The summed E-state index contributed by atoms with van der Waals surface area (Å²) < 4.78 is 0. The summed E-state index contributed by atoms with van der Waals surface area (Å²) in [5, 5.41) is 12.2. The predicted molar refractivity (Wildman–Crippen MR) is 60.6 cm³/mol. The van der Waals surface area contributed by atoms with Crippen molar-refractivity contribution in [3.05, 3.63) is 16.1 Å². The van der Waals surface area contributed by atoms with Crippen LogP contribution >= 0.6 is 11.3 Å². The third kappa shape index (κ3) is 3.03. The van der Waals surface area contributed by atoms with E-state index in [1.54, 1.807) is 20.8 Å². The molecular weight excluding hydrogens is 228 g/mol. The average Bonchev–Trinajstić information content (AvgIpc) is 2.59. The molecule has 0 spiro atoms. The highest BCUT2D eigenvalue weighted by molar-refractivity contribution is 7.13. The molecule has 5 nitrogen and oxygen atoms in total. The number of nitrogens with zero attached hydrogens (tertiary/aromatic N) is 1. The molecule has 6 heteroatoms. The molecule has 0 unspecified atom stereocenters. The maximum Gasteiger partial charge on any atom is 0.326 e. The van der Waals surface area contributed by atoms with E-state index in [0.29, 0.717) is 4.88 Å². The number of carboxylic acids is 1. The van der Waals surface area contributed by atoms with Crippen molar-refractivity contribution in [2.45, 2.75) is 26.8 Å². The van der Waals surface area contributed by atoms with Crippen LogP contribution in [0.15, 0.2) is 6.20 Å². The van der Waals surface area contributed by atoms with E-state index in [0.717, 1.165) is 5.01 Å². The Morgan fingerprint density at radius 2 is 2.12 bits per heavy atom. The van der Waals surface area contributed by atoms with Gasteiger partial charge in [0.1, 0.15) is 10.9 Å². The normalized spacial score (nSPS) is 12.5. The lowest BCUT2D eigenvalue weighted by atomic mass is 10.0. The number of carbonyl (C=O) groups is 2. The molecule has 1 amide bonds. The number of hydrogen-bond donors (Lipinski definition) is 2. The fraction of sp³-hybridized carbons (Fsp3) is 0.500. The standard InChI is InChI=1S/C10H14N2O3S/c1-5(2)8(10(14)15)12-9(13)7-4-11-6(3)16-7/h4-5,8H,1-3H3,(H,12,13)(H,14,15)/t8-/m1/s1. The van der Waals surface area contributed by atoms with Gasteiger partial charge in [-0.25, -0.2) is 9.78 Å². The van der Waals surface area contributed by atoms with Gasteiger partial charge < -0.3 is 10.4 Å². The number of aliphatic carboxylic acids is 1. The first kappa shape index (κ1) is 12.6. The number of aryl methyl sites for hydroxylation is 1. The summed E-state index contributed by atoms with van der Waals surface area (Å²) in [7, 11) is 0. The molecule has 0 saturated carbocycles. The van der Waals surface area contributed by atoms with Crippen molar-refractivity contribution in [3.63, 3.8) is 0 Å². The Balaban J connectivity index is 2.73. The van der Waals surface area contributed by atoms with Crippen LogP contribution in [0, 0.1) is 12.8 Å². The van der Waals surface area contributed by atoms with E-state index in [4.69, 9.17) is 5.11 Å². The highest BCUT2D eigenvalue weighted by atomic mass is 32.1. The Labute approximate surface area is 97.5 Å². The quantitative estimate of drug-likeness (QED) is 0.833. The third-order valence-electron chi connectivity index (χ3n) is 2.06. The van der Waals surface area contributed by atoms with Crippen molar-refractivity contribution in [2.75, 3.05) is 0 Å². The van der Waals surface area contributed by atoms with Crippen molar-refractivity contribution in [2.24, 2.45) is 5.92 Å². The molecule has 1 aromatic heterocycles. The molecule has 0 saturated heterocycles. The Hall–Kier alpha value is -1.43. The molecule has 1 heterocycles. The fourth-order valence-electron chi connectivity index (χ4n) is 1.19. The number of amides is 1. The first-order valence-corrected chi connectivity index (χ1v) is 5.69. The van der Waals surface area contributed by atoms with Crippen LogP contribution < -0.4 is 5.32 Å². The van der Waals surface area contributed by atoms with Gasteiger partial charge >= 0.3 is 5.97 Å². The van der Waals surface area contributed by atoms with E-state index >= 15 is 0 Å². The summed E-state index contributed by atoms with van der Waals surface area (Å²) in [6, 6.07) is -0.866. The summed E-state index contributed by atoms with van der Waals surface area (Å²) in [5.41, 5.74) is 0. The number of carboxylic acid groups (broad SMARTS) is 1. The minimum Gasteiger partial charge on any atom is -0.480 e. The number of hydrogen-bond acceptors (Lipinski definition) is 4. The highest BCUT2D eigenvalue weighted by Gasteiger charge is 2.24. The van der Waals surface area contributed by atoms with Crippen molar-refractivity contribution in [1.29, 1.82) is 0 Å². The second kappa shape index (κ2) is 5.07. The van der Waals surface area contributed by atoms with Crippen LogP contribution in [-0.4, -0.2) is 28.0 Å². The molecule has 0 radical (unpaired) electrons. The molecule has 1 rings (SSSR count). The maximum absolute atomic E-state index is 11.7. The molecule has 0 bridgehead atoms. The number of rotatable bonds is 4. The molecule has 0 aliphatic heterocycles. The molecule has 1 aromatic rings. The van der Waals surface area contributed by atoms with Crippen LogP contribution in [0.3, 0.4) is 0 Å². The van der Waals surface area contributed by atoms with Gasteiger partial charge in [0, 0.05) is 0 Å². The van der Waals surface area contributed by atoms with Gasteiger partial charge in [0.15, 0.2) is 0 Å². The Morgan fingerprint density at radius 3 is 2.50 bits per heavy atom. The molecule has 0 aliphatic rings. The van der Waals surface area contributed by atoms with Crippen LogP contribution in [0.4, 0.5) is 0 Å². The fourth-order valence-corrected chi connectivity index (χ4v) is 1.87. The largest absolute Gasteiger partial charge is 0.480 e. The lowest BCUT2D eigenvalue weighted by molar-refractivity contribution is -0.140. The summed E-state index contributed by atoms with van der Waals surface area (Å²) in [5.74, 6) is -1.56. The van der Waals surface area contributed by atoms with Crippen LogP contribution in [-0.2, 0) is 4.79 Å². The zero-order valence-electron chi connectivity index (χ0n) is 9.35. The lowest BCUT2D eigenvalue weighted by Crippen LogP contribution is -2.44. The minimum absolute atomic E-state index is 0.157. The van der Waals surface area contributed by atoms with Crippen LogP contribution in [0.2, 0.25) is 0 Å². The minimum atomic E-state index is -1.02. The van der Waals surface area contributed by atoms with Gasteiger partial charge in [0.2, 0.25) is 0 Å². The number of thiazole rings is 1. The molecule has 2 N–H and O–H groups in total. The number of carbonyl (C=O) groups excluding carboxylic acids is 1. The van der Waals surface area contributed by atoms with Gasteiger partial charge in [-0.3, -0.25) is 4.79 Å². The van der Waals surface area contributed by atoms with E-state index in [9.17, 15) is 9.59 Å². The molecular formula is C10H14N2O3S. The van der Waals surface area contributed by atoms with Gasteiger partial charge in [-0.2, -0.15) is 0 Å². The average molecular weight is 242 g/mol. The van der Waals surface area contributed by atoms with Crippen LogP contribution in [0.25, 0.3) is 0 Å². The van der Waals surface area contributed by atoms with Gasteiger partial charge in [-0.05, 0) is 12.8 Å². The van der Waals surface area contributed by atoms with Gasteiger partial charge in [0.05, 0.1) is 11.2 Å². The topological polar surface area (TPSA) is 79.3 Å². The van der Waals surface area contributed by atoms with Gasteiger partial charge in [0.25, 0.3) is 5.91 Å². The van der Waals surface area contributed by atoms with Crippen molar-refractivity contribution in [3.8, 4) is 0 Å². The van der Waals surface area contributed by atoms with E-state index < -0.39 is 12.0 Å². The molecule has 16 heavy (non-hydrogen) atoms. The first-order chi connectivity index (χ1) is 7.41.